The number of hydrogen-bond donors (Lipinski definition) is 1. The number of halogens is 3. The topological polar surface area (TPSA) is 37.8 Å². The van der Waals surface area contributed by atoms with Gasteiger partial charge in [0.25, 0.3) is 0 Å². The van der Waals surface area contributed by atoms with E-state index in [1.165, 1.54) is 12.1 Å². The van der Waals surface area contributed by atoms with Crippen molar-refractivity contribution in [1.82, 2.24) is 9.97 Å². The molecular formula is C14H8BrF2N3. The maximum absolute atomic E-state index is 13.2. The number of nitrogens with zero attached hydrogens (tertiary/aromatic N) is 2. The molecule has 0 saturated heterocycles. The van der Waals surface area contributed by atoms with Crippen molar-refractivity contribution in [2.45, 2.75) is 0 Å². The molecule has 100 valence electrons. The van der Waals surface area contributed by atoms with E-state index in [2.05, 4.69) is 31.2 Å². The molecule has 0 radical (unpaired) electrons. The Labute approximate surface area is 121 Å². The maximum atomic E-state index is 13.2. The molecule has 2 aromatic heterocycles. The lowest BCUT2D eigenvalue weighted by Crippen LogP contribution is -1.95. The number of benzene rings is 1. The molecule has 0 unspecified atom stereocenters. The van der Waals surface area contributed by atoms with E-state index in [4.69, 9.17) is 0 Å². The van der Waals surface area contributed by atoms with Crippen LogP contribution in [0.15, 0.2) is 47.2 Å². The molecule has 1 aromatic carbocycles. The Morgan fingerprint density at radius 3 is 2.50 bits per heavy atom. The third-order valence-corrected chi connectivity index (χ3v) is 3.12. The molecule has 0 bridgehead atoms. The lowest BCUT2D eigenvalue weighted by Gasteiger charge is -2.09. The molecule has 20 heavy (non-hydrogen) atoms. The van der Waals surface area contributed by atoms with Gasteiger partial charge in [0.1, 0.15) is 17.2 Å². The van der Waals surface area contributed by atoms with Gasteiger partial charge in [0.05, 0.1) is 11.2 Å². The van der Waals surface area contributed by atoms with Crippen LogP contribution in [0.2, 0.25) is 0 Å². The Bertz CT molecular complexity index is 772. The minimum atomic E-state index is -0.637. The second-order valence-corrected chi connectivity index (χ2v) is 5.08. The SMILES string of the molecule is Fc1cc(F)cc(Nc2ccnc3cc(Br)cnc23)c1. The van der Waals surface area contributed by atoms with Crippen LogP contribution in [0.5, 0.6) is 0 Å². The second-order valence-electron chi connectivity index (χ2n) is 4.16. The second kappa shape index (κ2) is 5.13. The van der Waals surface area contributed by atoms with Crippen LogP contribution in [-0.4, -0.2) is 9.97 Å². The number of nitrogens with one attached hydrogen (secondary N) is 1. The summed E-state index contributed by atoms with van der Waals surface area (Å²) in [4.78, 5) is 8.46. The van der Waals surface area contributed by atoms with Gasteiger partial charge in [-0.2, -0.15) is 0 Å². The number of fused-ring (bicyclic) bond motifs is 1. The van der Waals surface area contributed by atoms with E-state index in [-0.39, 0.29) is 0 Å². The average molecular weight is 336 g/mol. The summed E-state index contributed by atoms with van der Waals surface area (Å²) in [6, 6.07) is 6.78. The smallest absolute Gasteiger partial charge is 0.128 e. The van der Waals surface area contributed by atoms with E-state index in [1.807, 2.05) is 6.07 Å². The first-order valence-electron chi connectivity index (χ1n) is 5.75. The molecule has 0 aliphatic heterocycles. The highest BCUT2D eigenvalue weighted by Crippen LogP contribution is 2.25. The highest BCUT2D eigenvalue weighted by Gasteiger charge is 2.06. The summed E-state index contributed by atoms with van der Waals surface area (Å²) in [7, 11) is 0. The van der Waals surface area contributed by atoms with E-state index < -0.39 is 11.6 Å². The van der Waals surface area contributed by atoms with Crippen molar-refractivity contribution in [3.63, 3.8) is 0 Å². The Morgan fingerprint density at radius 2 is 1.75 bits per heavy atom. The average Bonchev–Trinajstić information content (AvgIpc) is 2.37. The third-order valence-electron chi connectivity index (χ3n) is 2.69. The van der Waals surface area contributed by atoms with Crippen molar-refractivity contribution in [1.29, 1.82) is 0 Å². The molecule has 0 fully saturated rings. The fourth-order valence-electron chi connectivity index (χ4n) is 1.89. The van der Waals surface area contributed by atoms with Gasteiger partial charge in [0.2, 0.25) is 0 Å². The minimum absolute atomic E-state index is 0.319. The maximum Gasteiger partial charge on any atom is 0.128 e. The van der Waals surface area contributed by atoms with Crippen LogP contribution in [0.4, 0.5) is 20.2 Å². The van der Waals surface area contributed by atoms with Gasteiger partial charge in [-0.25, -0.2) is 8.78 Å². The van der Waals surface area contributed by atoms with Crippen LogP contribution in [0.25, 0.3) is 11.0 Å². The van der Waals surface area contributed by atoms with Gasteiger partial charge in [-0.15, -0.1) is 0 Å². The summed E-state index contributed by atoms with van der Waals surface area (Å²) in [6.07, 6.45) is 3.25. The van der Waals surface area contributed by atoms with Gasteiger partial charge >= 0.3 is 0 Å². The zero-order valence-corrected chi connectivity index (χ0v) is 11.7. The van der Waals surface area contributed by atoms with Crippen LogP contribution < -0.4 is 5.32 Å². The highest BCUT2D eigenvalue weighted by atomic mass is 79.9. The predicted molar refractivity (Wildman–Crippen MR) is 76.9 cm³/mol. The molecule has 1 N–H and O–H groups in total. The van der Waals surface area contributed by atoms with Gasteiger partial charge in [-0.05, 0) is 40.2 Å². The molecule has 6 heteroatoms. The van der Waals surface area contributed by atoms with Crippen LogP contribution in [0.1, 0.15) is 0 Å². The van der Waals surface area contributed by atoms with Gasteiger partial charge in [0.15, 0.2) is 0 Å². The van der Waals surface area contributed by atoms with Crippen molar-refractivity contribution >= 4 is 38.3 Å². The molecule has 3 aromatic rings. The molecule has 3 rings (SSSR count). The normalized spacial score (nSPS) is 10.8. The Balaban J connectivity index is 2.06. The molecule has 0 aliphatic carbocycles. The third kappa shape index (κ3) is 2.60. The standard InChI is InChI=1S/C14H8BrF2N3/c15-8-3-13-14(19-7-8)12(1-2-18-13)20-11-5-9(16)4-10(17)6-11/h1-7H,(H,18,20). The Hall–Kier alpha value is -2.08. The van der Waals surface area contributed by atoms with Crippen LogP contribution >= 0.6 is 15.9 Å². The van der Waals surface area contributed by atoms with Gasteiger partial charge in [-0.3, -0.25) is 9.97 Å². The van der Waals surface area contributed by atoms with E-state index in [1.54, 1.807) is 18.5 Å². The summed E-state index contributed by atoms with van der Waals surface area (Å²) in [6.45, 7) is 0. The van der Waals surface area contributed by atoms with E-state index in [0.717, 1.165) is 10.5 Å². The molecule has 0 spiro atoms. The van der Waals surface area contributed by atoms with Crippen molar-refractivity contribution in [2.75, 3.05) is 5.32 Å². The largest absolute Gasteiger partial charge is 0.353 e. The molecule has 0 aliphatic rings. The summed E-state index contributed by atoms with van der Waals surface area (Å²) in [5.41, 5.74) is 2.26. The predicted octanol–water partition coefficient (Wildman–Crippen LogP) is 4.41. The number of anilines is 2. The first-order valence-corrected chi connectivity index (χ1v) is 6.54. The first-order chi connectivity index (χ1) is 9.61. The number of hydrogen-bond acceptors (Lipinski definition) is 3. The fraction of sp³-hybridized carbons (Fsp3) is 0. The molecule has 0 saturated carbocycles. The minimum Gasteiger partial charge on any atom is -0.353 e. The molecule has 3 nitrogen and oxygen atoms in total. The number of rotatable bonds is 2. The fourth-order valence-corrected chi connectivity index (χ4v) is 2.21. The van der Waals surface area contributed by atoms with Crippen molar-refractivity contribution in [3.8, 4) is 0 Å². The van der Waals surface area contributed by atoms with Gasteiger partial charge in [-0.1, -0.05) is 0 Å². The summed E-state index contributed by atoms with van der Waals surface area (Å²) < 4.78 is 27.2. The lowest BCUT2D eigenvalue weighted by molar-refractivity contribution is 0.584. The van der Waals surface area contributed by atoms with Crippen LogP contribution in [0, 0.1) is 11.6 Å². The monoisotopic (exact) mass is 335 g/mol. The Kier molecular flexibility index (Phi) is 3.31. The molecule has 2 heterocycles. The van der Waals surface area contributed by atoms with Gasteiger partial charge < -0.3 is 5.32 Å². The van der Waals surface area contributed by atoms with E-state index >= 15 is 0 Å². The first kappa shape index (κ1) is 12.9. The van der Waals surface area contributed by atoms with Crippen molar-refractivity contribution < 1.29 is 8.78 Å². The zero-order chi connectivity index (χ0) is 14.1. The van der Waals surface area contributed by atoms with Crippen molar-refractivity contribution in [2.24, 2.45) is 0 Å². The van der Waals surface area contributed by atoms with Gasteiger partial charge in [0, 0.05) is 28.6 Å². The molecule has 0 atom stereocenters. The van der Waals surface area contributed by atoms with Crippen molar-refractivity contribution in [3.05, 3.63) is 58.8 Å². The van der Waals surface area contributed by atoms with Crippen LogP contribution in [-0.2, 0) is 0 Å². The Morgan fingerprint density at radius 1 is 1.00 bits per heavy atom. The van der Waals surface area contributed by atoms with E-state index in [0.29, 0.717) is 22.4 Å². The molecule has 0 amide bonds. The summed E-state index contributed by atoms with van der Waals surface area (Å²) in [5.74, 6) is -1.27. The number of aromatic nitrogens is 2. The highest BCUT2D eigenvalue weighted by molar-refractivity contribution is 9.10. The van der Waals surface area contributed by atoms with Crippen LogP contribution in [0.3, 0.4) is 0 Å². The molecular weight excluding hydrogens is 328 g/mol. The summed E-state index contributed by atoms with van der Waals surface area (Å²) >= 11 is 3.32. The lowest BCUT2D eigenvalue weighted by atomic mass is 10.2. The quantitative estimate of drug-likeness (QED) is 0.753. The summed E-state index contributed by atoms with van der Waals surface area (Å²) in [5, 5.41) is 2.95. The van der Waals surface area contributed by atoms with E-state index in [9.17, 15) is 8.78 Å². The zero-order valence-electron chi connectivity index (χ0n) is 10.1. The number of pyridine rings is 2.